The fourth-order valence-electron chi connectivity index (χ4n) is 1.55. The minimum atomic E-state index is -0.924. The van der Waals surface area contributed by atoms with E-state index in [9.17, 15) is 19.1 Å². The van der Waals surface area contributed by atoms with Crippen LogP contribution in [0.4, 0.5) is 4.39 Å². The molecule has 0 aliphatic carbocycles. The first-order chi connectivity index (χ1) is 7.91. The number of hydrogen-bond acceptors (Lipinski definition) is 3. The van der Waals surface area contributed by atoms with Crippen LogP contribution in [0.5, 0.6) is 5.75 Å². The van der Waals surface area contributed by atoms with Gasteiger partial charge >= 0.3 is 0 Å². The maximum absolute atomic E-state index is 13.9. The zero-order valence-electron chi connectivity index (χ0n) is 8.67. The predicted octanol–water partition coefficient (Wildman–Crippen LogP) is 1.80. The zero-order chi connectivity index (χ0) is 12.7. The number of nitrogens with one attached hydrogen (secondary N) is 1. The Morgan fingerprint density at radius 1 is 1.35 bits per heavy atom. The molecule has 0 fully saturated rings. The Kier molecular flexibility index (Phi) is 2.74. The SMILES string of the molecule is Cc1cc2[nH]c(=O)c(=O)cc(O)c2c(F)c1Br. The number of H-pyrrole nitrogens is 1. The molecule has 2 rings (SSSR count). The highest BCUT2D eigenvalue weighted by atomic mass is 79.9. The number of benzene rings is 1. The Balaban J connectivity index is 3.19. The number of aromatic hydroxyl groups is 1. The van der Waals surface area contributed by atoms with Gasteiger partial charge in [-0.15, -0.1) is 0 Å². The van der Waals surface area contributed by atoms with Crippen molar-refractivity contribution < 1.29 is 9.50 Å². The third kappa shape index (κ3) is 1.84. The summed E-state index contributed by atoms with van der Waals surface area (Å²) in [4.78, 5) is 24.7. The molecule has 1 heterocycles. The van der Waals surface area contributed by atoms with Crippen LogP contribution in [0.3, 0.4) is 0 Å². The molecule has 2 N–H and O–H groups in total. The summed E-state index contributed by atoms with van der Waals surface area (Å²) in [6, 6.07) is 2.18. The Bertz CT molecular complexity index is 739. The van der Waals surface area contributed by atoms with Gasteiger partial charge in [0.1, 0.15) is 5.75 Å². The molecular weight excluding hydrogens is 293 g/mol. The highest BCUT2D eigenvalue weighted by Gasteiger charge is 2.13. The number of rotatable bonds is 0. The predicted molar refractivity (Wildman–Crippen MR) is 64.9 cm³/mol. The molecule has 0 radical (unpaired) electrons. The standard InChI is InChI=1S/C11H7BrFNO3/c1-4-2-5-8(10(13)9(4)12)6(15)3-7(16)11(17)14-5/h2-3,15H,1H3,(H,14,16,17). The first-order valence-corrected chi connectivity index (χ1v) is 5.46. The zero-order valence-corrected chi connectivity index (χ0v) is 10.3. The van der Waals surface area contributed by atoms with Crippen LogP contribution in [0.25, 0.3) is 10.9 Å². The Morgan fingerprint density at radius 2 is 2.00 bits per heavy atom. The van der Waals surface area contributed by atoms with E-state index >= 15 is 0 Å². The summed E-state index contributed by atoms with van der Waals surface area (Å²) in [7, 11) is 0. The second-order valence-electron chi connectivity index (χ2n) is 3.59. The van der Waals surface area contributed by atoms with Crippen LogP contribution in [-0.4, -0.2) is 10.1 Å². The number of aromatic nitrogens is 1. The van der Waals surface area contributed by atoms with E-state index in [2.05, 4.69) is 20.9 Å². The van der Waals surface area contributed by atoms with Crippen molar-refractivity contribution in [1.29, 1.82) is 0 Å². The molecule has 88 valence electrons. The van der Waals surface area contributed by atoms with Gasteiger partial charge in [-0.1, -0.05) is 0 Å². The molecule has 0 spiro atoms. The smallest absolute Gasteiger partial charge is 0.296 e. The van der Waals surface area contributed by atoms with Crippen LogP contribution in [0.1, 0.15) is 5.56 Å². The van der Waals surface area contributed by atoms with E-state index in [0.717, 1.165) is 0 Å². The fraction of sp³-hybridized carbons (Fsp3) is 0.0909. The van der Waals surface area contributed by atoms with Gasteiger partial charge in [0.2, 0.25) is 5.43 Å². The third-order valence-electron chi connectivity index (χ3n) is 2.38. The van der Waals surface area contributed by atoms with E-state index in [1.165, 1.54) is 6.07 Å². The number of hydrogen-bond donors (Lipinski definition) is 2. The van der Waals surface area contributed by atoms with Crippen molar-refractivity contribution >= 4 is 26.8 Å². The molecule has 17 heavy (non-hydrogen) atoms. The number of aryl methyl sites for hydroxylation is 1. The first kappa shape index (κ1) is 11.8. The normalized spacial score (nSPS) is 10.8. The number of aromatic amines is 1. The monoisotopic (exact) mass is 299 g/mol. The van der Waals surface area contributed by atoms with Gasteiger partial charge < -0.3 is 10.1 Å². The van der Waals surface area contributed by atoms with Crippen LogP contribution in [0.2, 0.25) is 0 Å². The molecule has 0 saturated heterocycles. The van der Waals surface area contributed by atoms with E-state index in [0.29, 0.717) is 11.6 Å². The van der Waals surface area contributed by atoms with Gasteiger partial charge in [0.25, 0.3) is 5.56 Å². The second kappa shape index (κ2) is 3.96. The van der Waals surface area contributed by atoms with E-state index in [4.69, 9.17) is 0 Å². The summed E-state index contributed by atoms with van der Waals surface area (Å²) in [6.45, 7) is 1.63. The van der Waals surface area contributed by atoms with E-state index in [-0.39, 0.29) is 15.4 Å². The molecule has 6 heteroatoms. The molecule has 1 aromatic carbocycles. The summed E-state index contributed by atoms with van der Waals surface area (Å²) in [6.07, 6.45) is 0. The van der Waals surface area contributed by atoms with E-state index < -0.39 is 22.6 Å². The van der Waals surface area contributed by atoms with Crippen molar-refractivity contribution in [2.75, 3.05) is 0 Å². The van der Waals surface area contributed by atoms with Gasteiger partial charge in [-0.05, 0) is 34.5 Å². The molecule has 0 unspecified atom stereocenters. The molecule has 1 aromatic heterocycles. The molecule has 0 atom stereocenters. The van der Waals surface area contributed by atoms with Crippen LogP contribution in [0.15, 0.2) is 26.2 Å². The van der Waals surface area contributed by atoms with Crippen LogP contribution >= 0.6 is 15.9 Å². The second-order valence-corrected chi connectivity index (χ2v) is 4.38. The summed E-state index contributed by atoms with van der Waals surface area (Å²) < 4.78 is 14.1. The topological polar surface area (TPSA) is 70.2 Å². The quantitative estimate of drug-likeness (QED) is 0.729. The minimum absolute atomic E-state index is 0.0767. The number of fused-ring (bicyclic) bond motifs is 1. The average molecular weight is 300 g/mol. The van der Waals surface area contributed by atoms with Crippen LogP contribution in [0, 0.1) is 12.7 Å². The number of halogens is 2. The first-order valence-electron chi connectivity index (χ1n) is 4.66. The maximum atomic E-state index is 13.9. The molecule has 4 nitrogen and oxygen atoms in total. The third-order valence-corrected chi connectivity index (χ3v) is 3.36. The highest BCUT2D eigenvalue weighted by molar-refractivity contribution is 9.10. The molecule has 0 amide bonds. The van der Waals surface area contributed by atoms with Gasteiger partial charge in [0.15, 0.2) is 5.82 Å². The van der Waals surface area contributed by atoms with Gasteiger partial charge in [-0.25, -0.2) is 4.39 Å². The lowest BCUT2D eigenvalue weighted by atomic mass is 10.1. The van der Waals surface area contributed by atoms with Crippen LogP contribution < -0.4 is 11.0 Å². The summed E-state index contributed by atoms with van der Waals surface area (Å²) in [5, 5.41) is 9.42. The summed E-state index contributed by atoms with van der Waals surface area (Å²) >= 11 is 3.03. The largest absolute Gasteiger partial charge is 0.507 e. The van der Waals surface area contributed by atoms with Crippen molar-refractivity contribution in [1.82, 2.24) is 4.98 Å². The molecule has 0 aliphatic rings. The maximum Gasteiger partial charge on any atom is 0.296 e. The minimum Gasteiger partial charge on any atom is -0.507 e. The molecule has 2 aromatic rings. The van der Waals surface area contributed by atoms with Crippen molar-refractivity contribution in [3.05, 3.63) is 48.6 Å². The Morgan fingerprint density at radius 3 is 2.65 bits per heavy atom. The Labute approximate surface area is 103 Å². The van der Waals surface area contributed by atoms with Crippen molar-refractivity contribution in [3.8, 4) is 5.75 Å². The summed E-state index contributed by atoms with van der Waals surface area (Å²) in [5.74, 6) is -1.29. The van der Waals surface area contributed by atoms with Gasteiger partial charge in [-0.2, -0.15) is 0 Å². The van der Waals surface area contributed by atoms with Crippen LogP contribution in [-0.2, 0) is 0 Å². The van der Waals surface area contributed by atoms with Crippen molar-refractivity contribution in [2.24, 2.45) is 0 Å². The average Bonchev–Trinajstić information content (AvgIpc) is 2.34. The Hall–Kier alpha value is -1.69. The van der Waals surface area contributed by atoms with E-state index in [1.807, 2.05) is 0 Å². The van der Waals surface area contributed by atoms with E-state index in [1.54, 1.807) is 6.92 Å². The van der Waals surface area contributed by atoms with Crippen molar-refractivity contribution in [2.45, 2.75) is 6.92 Å². The molecule has 0 saturated carbocycles. The lowest BCUT2D eigenvalue weighted by molar-refractivity contribution is 0.478. The molecular formula is C11H7BrFNO3. The van der Waals surface area contributed by atoms with Gasteiger partial charge in [0.05, 0.1) is 15.4 Å². The summed E-state index contributed by atoms with van der Waals surface area (Å²) in [5.41, 5.74) is -1.21. The lowest BCUT2D eigenvalue weighted by Gasteiger charge is -2.03. The lowest BCUT2D eigenvalue weighted by Crippen LogP contribution is -2.22. The van der Waals surface area contributed by atoms with Gasteiger partial charge in [-0.3, -0.25) is 9.59 Å². The molecule has 0 bridgehead atoms. The van der Waals surface area contributed by atoms with Crippen molar-refractivity contribution in [3.63, 3.8) is 0 Å². The van der Waals surface area contributed by atoms with Gasteiger partial charge in [0, 0.05) is 6.07 Å². The highest BCUT2D eigenvalue weighted by Crippen LogP contribution is 2.31. The molecule has 0 aliphatic heterocycles. The fourth-order valence-corrected chi connectivity index (χ4v) is 1.86.